The molecule has 0 aliphatic carbocycles. The second kappa shape index (κ2) is 9.38. The van der Waals surface area contributed by atoms with Crippen molar-refractivity contribution in [3.05, 3.63) is 0 Å². The van der Waals surface area contributed by atoms with Crippen LogP contribution in [0.2, 0.25) is 0 Å². The summed E-state index contributed by atoms with van der Waals surface area (Å²) in [6.45, 7) is 11.0. The summed E-state index contributed by atoms with van der Waals surface area (Å²) in [6, 6.07) is -0.379. The van der Waals surface area contributed by atoms with E-state index in [1.165, 1.54) is 6.92 Å². The van der Waals surface area contributed by atoms with Gasteiger partial charge in [-0.05, 0) is 45.4 Å². The molecule has 3 N–H and O–H groups in total. The highest BCUT2D eigenvalue weighted by Gasteiger charge is 2.25. The van der Waals surface area contributed by atoms with Gasteiger partial charge in [-0.2, -0.15) is 8.42 Å². The molecule has 9 heteroatoms. The Morgan fingerprint density at radius 2 is 1.72 bits per heavy atom. The number of hydrogen-bond acceptors (Lipinski definition) is 5. The van der Waals surface area contributed by atoms with Crippen LogP contribution in [0.25, 0.3) is 0 Å². The molecule has 1 atom stereocenters. The molecule has 0 rings (SSSR count). The second-order valence-electron chi connectivity index (χ2n) is 8.02. The van der Waals surface area contributed by atoms with Gasteiger partial charge in [-0.15, -0.1) is 0 Å². The van der Waals surface area contributed by atoms with Gasteiger partial charge in [0.2, 0.25) is 5.91 Å². The van der Waals surface area contributed by atoms with E-state index in [1.807, 2.05) is 13.8 Å². The minimum absolute atomic E-state index is 0.126. The van der Waals surface area contributed by atoms with Crippen LogP contribution in [0.4, 0.5) is 4.79 Å². The quantitative estimate of drug-likeness (QED) is 0.527. The summed E-state index contributed by atoms with van der Waals surface area (Å²) in [5.41, 5.74) is -0.826. The lowest BCUT2D eigenvalue weighted by Gasteiger charge is -2.30. The van der Waals surface area contributed by atoms with Gasteiger partial charge in [0, 0.05) is 19.5 Å². The second-order valence-corrected chi connectivity index (χ2v) is 9.59. The van der Waals surface area contributed by atoms with E-state index >= 15 is 0 Å². The summed E-state index contributed by atoms with van der Waals surface area (Å²) in [5, 5.41) is 5.39. The molecule has 0 aromatic rings. The van der Waals surface area contributed by atoms with Crippen LogP contribution in [0.5, 0.6) is 0 Å². The summed E-state index contributed by atoms with van der Waals surface area (Å²) in [5.74, 6) is -0.674. The molecule has 0 saturated heterocycles. The Hall–Kier alpha value is -1.35. The molecule has 2 amide bonds. The van der Waals surface area contributed by atoms with E-state index in [4.69, 9.17) is 9.29 Å². The van der Waals surface area contributed by atoms with E-state index < -0.39 is 27.6 Å². The first-order valence-corrected chi connectivity index (χ1v) is 9.90. The lowest BCUT2D eigenvalue weighted by atomic mass is 9.82. The fourth-order valence-corrected chi connectivity index (χ4v) is 2.97. The van der Waals surface area contributed by atoms with Gasteiger partial charge >= 0.3 is 6.09 Å². The normalized spacial score (nSPS) is 13.9. The first-order chi connectivity index (χ1) is 11.1. The third kappa shape index (κ3) is 14.7. The fourth-order valence-electron chi connectivity index (χ4n) is 2.39. The van der Waals surface area contributed by atoms with Gasteiger partial charge in [-0.1, -0.05) is 13.8 Å². The maximum absolute atomic E-state index is 11.6. The van der Waals surface area contributed by atoms with Crippen molar-refractivity contribution < 1.29 is 27.3 Å². The van der Waals surface area contributed by atoms with E-state index in [-0.39, 0.29) is 23.8 Å². The van der Waals surface area contributed by atoms with Crippen LogP contribution in [0, 0.1) is 5.41 Å². The van der Waals surface area contributed by atoms with Crippen LogP contribution in [-0.2, 0) is 19.6 Å². The van der Waals surface area contributed by atoms with Crippen molar-refractivity contribution in [2.24, 2.45) is 5.41 Å². The molecule has 0 fully saturated rings. The fraction of sp³-hybridized carbons (Fsp3) is 0.875. The zero-order chi connectivity index (χ0) is 19.9. The van der Waals surface area contributed by atoms with Crippen LogP contribution < -0.4 is 10.6 Å². The minimum atomic E-state index is -4.08. The number of ether oxygens (including phenoxy) is 1. The lowest BCUT2D eigenvalue weighted by molar-refractivity contribution is -0.119. The molecular formula is C16H32N2O6S. The predicted octanol–water partition coefficient (Wildman–Crippen LogP) is 2.10. The third-order valence-electron chi connectivity index (χ3n) is 3.40. The van der Waals surface area contributed by atoms with Crippen LogP contribution in [0.3, 0.4) is 0 Å². The number of alkyl carbamates (subject to hydrolysis) is 1. The SMILES string of the molecule is CC(=O)NC(CCS(=O)(=O)O)CC(C)(C)CCNC(=O)OC(C)(C)C. The smallest absolute Gasteiger partial charge is 0.407 e. The van der Waals surface area contributed by atoms with E-state index in [2.05, 4.69) is 10.6 Å². The highest BCUT2D eigenvalue weighted by atomic mass is 32.2. The van der Waals surface area contributed by atoms with Crippen molar-refractivity contribution in [2.75, 3.05) is 12.3 Å². The minimum Gasteiger partial charge on any atom is -0.444 e. The van der Waals surface area contributed by atoms with Crippen LogP contribution in [0.15, 0.2) is 0 Å². The van der Waals surface area contributed by atoms with Gasteiger partial charge in [0.25, 0.3) is 10.1 Å². The topological polar surface area (TPSA) is 122 Å². The van der Waals surface area contributed by atoms with Crippen molar-refractivity contribution in [3.63, 3.8) is 0 Å². The maximum atomic E-state index is 11.6. The number of carbonyl (C=O) groups is 2. The van der Waals surface area contributed by atoms with Gasteiger partial charge in [-0.25, -0.2) is 4.79 Å². The predicted molar refractivity (Wildman–Crippen MR) is 95.9 cm³/mol. The molecule has 1 unspecified atom stereocenters. The Morgan fingerprint density at radius 1 is 1.16 bits per heavy atom. The Balaban J connectivity index is 4.54. The van der Waals surface area contributed by atoms with E-state index in [9.17, 15) is 18.0 Å². The molecule has 0 saturated carbocycles. The van der Waals surface area contributed by atoms with Gasteiger partial charge in [-0.3, -0.25) is 9.35 Å². The molecule has 0 heterocycles. The number of rotatable bonds is 9. The highest BCUT2D eigenvalue weighted by molar-refractivity contribution is 7.85. The number of carbonyl (C=O) groups excluding carboxylic acids is 2. The number of hydrogen-bond donors (Lipinski definition) is 3. The summed E-state index contributed by atoms with van der Waals surface area (Å²) in [7, 11) is -4.08. The molecule has 0 aromatic heterocycles. The molecule has 8 nitrogen and oxygen atoms in total. The van der Waals surface area contributed by atoms with Crippen molar-refractivity contribution >= 4 is 22.1 Å². The Morgan fingerprint density at radius 3 is 2.16 bits per heavy atom. The molecule has 0 aromatic carbocycles. The summed E-state index contributed by atoms with van der Waals surface area (Å²) < 4.78 is 35.9. The zero-order valence-electron chi connectivity index (χ0n) is 16.0. The number of nitrogens with one attached hydrogen (secondary N) is 2. The number of amides is 2. The average molecular weight is 381 g/mol. The zero-order valence-corrected chi connectivity index (χ0v) is 16.8. The molecule has 148 valence electrons. The average Bonchev–Trinajstić information content (AvgIpc) is 2.31. The highest BCUT2D eigenvalue weighted by Crippen LogP contribution is 2.27. The van der Waals surface area contributed by atoms with Gasteiger partial charge in [0.05, 0.1) is 5.75 Å². The van der Waals surface area contributed by atoms with Crippen molar-refractivity contribution in [1.82, 2.24) is 10.6 Å². The monoisotopic (exact) mass is 380 g/mol. The summed E-state index contributed by atoms with van der Waals surface area (Å²) >= 11 is 0. The molecule has 0 spiro atoms. The molecule has 0 aliphatic heterocycles. The van der Waals surface area contributed by atoms with Crippen molar-refractivity contribution in [1.29, 1.82) is 0 Å². The van der Waals surface area contributed by atoms with Crippen molar-refractivity contribution in [3.8, 4) is 0 Å². The van der Waals surface area contributed by atoms with Gasteiger partial charge in [0.15, 0.2) is 0 Å². The van der Waals surface area contributed by atoms with Crippen molar-refractivity contribution in [2.45, 2.75) is 72.4 Å². The molecule has 0 bridgehead atoms. The molecule has 0 aliphatic rings. The first-order valence-electron chi connectivity index (χ1n) is 8.29. The Bertz CT molecular complexity index is 551. The summed E-state index contributed by atoms with van der Waals surface area (Å²) in [6.07, 6.45) is 0.765. The van der Waals surface area contributed by atoms with Crippen LogP contribution in [-0.4, -0.2) is 48.9 Å². The van der Waals surface area contributed by atoms with E-state index in [1.54, 1.807) is 20.8 Å². The molecular weight excluding hydrogens is 348 g/mol. The van der Waals surface area contributed by atoms with E-state index in [0.717, 1.165) is 0 Å². The van der Waals surface area contributed by atoms with E-state index in [0.29, 0.717) is 19.4 Å². The lowest BCUT2D eigenvalue weighted by Crippen LogP contribution is -2.39. The first kappa shape index (κ1) is 23.6. The van der Waals surface area contributed by atoms with Crippen LogP contribution >= 0.6 is 0 Å². The maximum Gasteiger partial charge on any atom is 0.407 e. The Labute approximate surface area is 150 Å². The third-order valence-corrected chi connectivity index (χ3v) is 4.15. The summed E-state index contributed by atoms with van der Waals surface area (Å²) in [4.78, 5) is 22.9. The molecule has 0 radical (unpaired) electrons. The largest absolute Gasteiger partial charge is 0.444 e. The van der Waals surface area contributed by atoms with Crippen LogP contribution in [0.1, 0.15) is 60.8 Å². The van der Waals surface area contributed by atoms with Gasteiger partial charge in [0.1, 0.15) is 5.60 Å². The van der Waals surface area contributed by atoms with Gasteiger partial charge < -0.3 is 15.4 Å². The Kier molecular flexibility index (Phi) is 8.87. The standard InChI is InChI=1S/C16H32N2O6S/c1-12(19)18-13(7-10-25(21,22)23)11-16(5,6)8-9-17-14(20)24-15(2,3)4/h13H,7-11H2,1-6H3,(H,17,20)(H,18,19)(H,21,22,23). The molecule has 25 heavy (non-hydrogen) atoms.